The Morgan fingerprint density at radius 1 is 1.35 bits per heavy atom. The smallest absolute Gasteiger partial charge is 0.224 e. The van der Waals surface area contributed by atoms with Crippen LogP contribution < -0.4 is 0 Å². The second-order valence-corrected chi connectivity index (χ2v) is 6.53. The lowest BCUT2D eigenvalue weighted by atomic mass is 10.1. The maximum absolute atomic E-state index is 12.5. The van der Waals surface area contributed by atoms with Crippen molar-refractivity contribution in [1.29, 1.82) is 0 Å². The minimum atomic E-state index is 0.214. The van der Waals surface area contributed by atoms with Gasteiger partial charge in [-0.3, -0.25) is 14.2 Å². The molecule has 0 spiro atoms. The molecular weight excluding hydrogens is 290 g/mol. The summed E-state index contributed by atoms with van der Waals surface area (Å²) in [5.41, 5.74) is 3.28. The number of likely N-dealkylation sites (tertiary alicyclic amines) is 1. The van der Waals surface area contributed by atoms with Crippen LogP contribution in [0, 0.1) is 20.8 Å². The van der Waals surface area contributed by atoms with Gasteiger partial charge >= 0.3 is 0 Å². The molecule has 0 aromatic carbocycles. The third-order valence-corrected chi connectivity index (χ3v) is 4.49. The molecule has 2 aromatic heterocycles. The first-order valence-electron chi connectivity index (χ1n) is 8.32. The fourth-order valence-corrected chi connectivity index (χ4v) is 3.29. The van der Waals surface area contributed by atoms with Gasteiger partial charge in [-0.25, -0.2) is 0 Å². The number of carbonyl (C=O) groups excluding carboxylic acids is 1. The third kappa shape index (κ3) is 3.63. The lowest BCUT2D eigenvalue weighted by Gasteiger charge is -2.33. The molecular formula is C17H25N5O. The van der Waals surface area contributed by atoms with Crippen LogP contribution in [0.4, 0.5) is 0 Å². The fraction of sp³-hybridized carbons (Fsp3) is 0.588. The molecule has 3 heterocycles. The minimum absolute atomic E-state index is 0.214. The summed E-state index contributed by atoms with van der Waals surface area (Å²) in [4.78, 5) is 14.5. The Bertz CT molecular complexity index is 687. The molecule has 6 nitrogen and oxygen atoms in total. The molecule has 1 aliphatic rings. The monoisotopic (exact) mass is 315 g/mol. The first-order chi connectivity index (χ1) is 11.0. The highest BCUT2D eigenvalue weighted by atomic mass is 16.2. The van der Waals surface area contributed by atoms with Crippen molar-refractivity contribution in [1.82, 2.24) is 24.5 Å². The Balaban J connectivity index is 1.57. The van der Waals surface area contributed by atoms with Crippen LogP contribution in [0.3, 0.4) is 0 Å². The molecule has 1 atom stereocenters. The van der Waals surface area contributed by atoms with Gasteiger partial charge in [-0.2, -0.15) is 10.2 Å². The van der Waals surface area contributed by atoms with Gasteiger partial charge in [-0.15, -0.1) is 0 Å². The van der Waals surface area contributed by atoms with E-state index in [4.69, 9.17) is 0 Å². The summed E-state index contributed by atoms with van der Waals surface area (Å²) in [6.07, 6.45) is 6.57. The molecule has 0 bridgehead atoms. The molecule has 124 valence electrons. The van der Waals surface area contributed by atoms with Crippen molar-refractivity contribution in [3.63, 3.8) is 0 Å². The molecule has 23 heavy (non-hydrogen) atoms. The van der Waals surface area contributed by atoms with Gasteiger partial charge in [0.1, 0.15) is 0 Å². The molecule has 1 fully saturated rings. The van der Waals surface area contributed by atoms with Crippen LogP contribution in [0.1, 0.15) is 42.3 Å². The largest absolute Gasteiger partial charge is 0.340 e. The second kappa shape index (κ2) is 6.56. The van der Waals surface area contributed by atoms with E-state index in [1.54, 1.807) is 0 Å². The van der Waals surface area contributed by atoms with Gasteiger partial charge in [0.15, 0.2) is 0 Å². The maximum atomic E-state index is 12.5. The number of piperidine rings is 1. The van der Waals surface area contributed by atoms with E-state index in [0.29, 0.717) is 19.0 Å². The van der Waals surface area contributed by atoms with Gasteiger partial charge in [-0.05, 0) is 45.2 Å². The summed E-state index contributed by atoms with van der Waals surface area (Å²) in [5.74, 6) is 0.214. The molecule has 2 aromatic rings. The molecule has 1 unspecified atom stereocenters. The van der Waals surface area contributed by atoms with Crippen LogP contribution in [0.15, 0.2) is 18.5 Å². The minimum Gasteiger partial charge on any atom is -0.340 e. The summed E-state index contributed by atoms with van der Waals surface area (Å²) in [6, 6.07) is 2.34. The van der Waals surface area contributed by atoms with Gasteiger partial charge < -0.3 is 4.90 Å². The van der Waals surface area contributed by atoms with E-state index >= 15 is 0 Å². The van der Waals surface area contributed by atoms with Gasteiger partial charge in [0.2, 0.25) is 5.91 Å². The predicted molar refractivity (Wildman–Crippen MR) is 88.1 cm³/mol. The van der Waals surface area contributed by atoms with Crippen molar-refractivity contribution >= 4 is 5.91 Å². The SMILES string of the molecule is Cc1cnn(C2CCCN(C(=O)CCn3nc(C)cc3C)C2)c1. The molecule has 3 rings (SSSR count). The number of hydrogen-bond acceptors (Lipinski definition) is 3. The Morgan fingerprint density at radius 3 is 2.83 bits per heavy atom. The Morgan fingerprint density at radius 2 is 2.17 bits per heavy atom. The zero-order chi connectivity index (χ0) is 16.4. The van der Waals surface area contributed by atoms with Crippen LogP contribution in [-0.4, -0.2) is 43.5 Å². The highest BCUT2D eigenvalue weighted by Crippen LogP contribution is 2.21. The van der Waals surface area contributed by atoms with E-state index in [0.717, 1.165) is 42.9 Å². The number of amides is 1. The Hall–Kier alpha value is -2.11. The quantitative estimate of drug-likeness (QED) is 0.869. The van der Waals surface area contributed by atoms with Crippen molar-refractivity contribution in [2.45, 2.75) is 52.6 Å². The van der Waals surface area contributed by atoms with E-state index in [-0.39, 0.29) is 5.91 Å². The average molecular weight is 315 g/mol. The molecule has 0 aliphatic carbocycles. The van der Waals surface area contributed by atoms with Crippen molar-refractivity contribution in [3.05, 3.63) is 35.4 Å². The van der Waals surface area contributed by atoms with Gasteiger partial charge in [0, 0.05) is 37.9 Å². The lowest BCUT2D eigenvalue weighted by molar-refractivity contribution is -0.133. The highest BCUT2D eigenvalue weighted by Gasteiger charge is 2.25. The lowest BCUT2D eigenvalue weighted by Crippen LogP contribution is -2.41. The third-order valence-electron chi connectivity index (χ3n) is 4.49. The second-order valence-electron chi connectivity index (χ2n) is 6.53. The van der Waals surface area contributed by atoms with Crippen LogP contribution >= 0.6 is 0 Å². The first-order valence-corrected chi connectivity index (χ1v) is 8.32. The maximum Gasteiger partial charge on any atom is 0.224 e. The van der Waals surface area contributed by atoms with Crippen LogP contribution in [0.2, 0.25) is 0 Å². The standard InChI is InChI=1S/C17H25N5O/c1-13-10-18-22(11-13)16-5-4-7-20(12-16)17(23)6-8-21-15(3)9-14(2)19-21/h9-11,16H,4-8,12H2,1-3H3. The van der Waals surface area contributed by atoms with E-state index in [9.17, 15) is 4.79 Å². The number of nitrogens with zero attached hydrogens (tertiary/aromatic N) is 5. The Kier molecular flexibility index (Phi) is 4.50. The normalized spacial score (nSPS) is 18.4. The Labute approximate surface area is 137 Å². The summed E-state index contributed by atoms with van der Waals surface area (Å²) >= 11 is 0. The van der Waals surface area contributed by atoms with E-state index < -0.39 is 0 Å². The van der Waals surface area contributed by atoms with Crippen molar-refractivity contribution in [2.75, 3.05) is 13.1 Å². The van der Waals surface area contributed by atoms with Gasteiger partial charge in [0.25, 0.3) is 0 Å². The van der Waals surface area contributed by atoms with E-state index in [1.165, 1.54) is 0 Å². The van der Waals surface area contributed by atoms with Crippen LogP contribution in [0.25, 0.3) is 0 Å². The topological polar surface area (TPSA) is 56.0 Å². The van der Waals surface area contributed by atoms with Crippen LogP contribution in [-0.2, 0) is 11.3 Å². The summed E-state index contributed by atoms with van der Waals surface area (Å²) < 4.78 is 3.93. The number of hydrogen-bond donors (Lipinski definition) is 0. The van der Waals surface area contributed by atoms with Gasteiger partial charge in [-0.1, -0.05) is 0 Å². The zero-order valence-corrected chi connectivity index (χ0v) is 14.2. The summed E-state index contributed by atoms with van der Waals surface area (Å²) in [6.45, 7) is 8.32. The number of aromatic nitrogens is 4. The van der Waals surface area contributed by atoms with E-state index in [2.05, 4.69) is 16.4 Å². The molecule has 1 aliphatic heterocycles. The molecule has 6 heteroatoms. The highest BCUT2D eigenvalue weighted by molar-refractivity contribution is 5.76. The zero-order valence-electron chi connectivity index (χ0n) is 14.2. The molecule has 0 radical (unpaired) electrons. The van der Waals surface area contributed by atoms with Crippen molar-refractivity contribution < 1.29 is 4.79 Å². The summed E-state index contributed by atoms with van der Waals surface area (Å²) in [5, 5.41) is 8.83. The molecule has 0 saturated carbocycles. The van der Waals surface area contributed by atoms with Crippen molar-refractivity contribution in [3.8, 4) is 0 Å². The number of aryl methyl sites for hydroxylation is 4. The predicted octanol–water partition coefficient (Wildman–Crippen LogP) is 2.26. The average Bonchev–Trinajstić information content (AvgIpc) is 3.10. The van der Waals surface area contributed by atoms with Crippen LogP contribution in [0.5, 0.6) is 0 Å². The molecule has 1 amide bonds. The van der Waals surface area contributed by atoms with Gasteiger partial charge in [0.05, 0.1) is 17.9 Å². The number of rotatable bonds is 4. The number of carbonyl (C=O) groups is 1. The van der Waals surface area contributed by atoms with Crippen molar-refractivity contribution in [2.24, 2.45) is 0 Å². The molecule has 0 N–H and O–H groups in total. The summed E-state index contributed by atoms with van der Waals surface area (Å²) in [7, 11) is 0. The van der Waals surface area contributed by atoms with E-state index in [1.807, 2.05) is 47.3 Å². The first kappa shape index (κ1) is 15.8. The fourth-order valence-electron chi connectivity index (χ4n) is 3.29. The molecule has 1 saturated heterocycles.